The fourth-order valence-electron chi connectivity index (χ4n) is 5.67. The molecule has 0 radical (unpaired) electrons. The maximum absolute atomic E-state index is 12.0. The van der Waals surface area contributed by atoms with Crippen LogP contribution >= 0.6 is 0 Å². The number of carbonyl (C=O) groups is 2. The lowest BCUT2D eigenvalue weighted by atomic mass is 9.80. The van der Waals surface area contributed by atoms with Gasteiger partial charge in [-0.15, -0.1) is 0 Å². The van der Waals surface area contributed by atoms with Crippen LogP contribution in [0.2, 0.25) is 0 Å². The molecule has 0 saturated carbocycles. The maximum Gasteiger partial charge on any atom is 0.409 e. The number of benzene rings is 1. The number of hydrogen-bond donors (Lipinski definition) is 1. The molecule has 1 spiro atoms. The van der Waals surface area contributed by atoms with Crippen LogP contribution in [0.15, 0.2) is 18.2 Å². The maximum atomic E-state index is 12.0. The van der Waals surface area contributed by atoms with Gasteiger partial charge in [0.25, 0.3) is 0 Å². The Morgan fingerprint density at radius 2 is 2.00 bits per heavy atom. The van der Waals surface area contributed by atoms with Crippen LogP contribution in [0, 0.1) is 6.92 Å². The number of aryl methyl sites for hydroxylation is 1. The fraction of sp³-hybridized carbons (Fsp3) is 0.652. The van der Waals surface area contributed by atoms with Crippen molar-refractivity contribution in [2.45, 2.75) is 64.0 Å². The van der Waals surface area contributed by atoms with Crippen molar-refractivity contribution in [3.8, 4) is 0 Å². The van der Waals surface area contributed by atoms with E-state index in [1.54, 1.807) is 6.92 Å². The molecule has 2 amide bonds. The molecule has 1 aromatic rings. The molecular formula is C23H33N3O3. The van der Waals surface area contributed by atoms with Gasteiger partial charge in [-0.2, -0.15) is 0 Å². The van der Waals surface area contributed by atoms with Crippen molar-refractivity contribution < 1.29 is 14.3 Å². The SMILES string of the molecule is CCOC(=O)N1CCC(N2CCC3(C[C@H](NC(C)=O)c4cc(C)ccc43)C2)CC1. The van der Waals surface area contributed by atoms with Crippen LogP contribution in [0.1, 0.15) is 62.3 Å². The van der Waals surface area contributed by atoms with Crippen molar-refractivity contribution in [3.05, 3.63) is 34.9 Å². The molecule has 1 unspecified atom stereocenters. The van der Waals surface area contributed by atoms with Crippen molar-refractivity contribution in [1.82, 2.24) is 15.1 Å². The number of fused-ring (bicyclic) bond motifs is 2. The molecule has 158 valence electrons. The molecule has 0 aromatic heterocycles. The van der Waals surface area contributed by atoms with Gasteiger partial charge in [-0.25, -0.2) is 4.79 Å². The number of hydrogen-bond acceptors (Lipinski definition) is 4. The highest BCUT2D eigenvalue weighted by Gasteiger charge is 2.49. The number of ether oxygens (including phenoxy) is 1. The summed E-state index contributed by atoms with van der Waals surface area (Å²) < 4.78 is 5.15. The van der Waals surface area contributed by atoms with Gasteiger partial charge in [0.15, 0.2) is 0 Å². The molecular weight excluding hydrogens is 366 g/mol. The van der Waals surface area contributed by atoms with Gasteiger partial charge < -0.3 is 15.0 Å². The van der Waals surface area contributed by atoms with E-state index in [-0.39, 0.29) is 23.5 Å². The lowest BCUT2D eigenvalue weighted by Gasteiger charge is -2.37. The molecule has 4 rings (SSSR count). The van der Waals surface area contributed by atoms with E-state index in [1.807, 2.05) is 11.8 Å². The molecule has 29 heavy (non-hydrogen) atoms. The van der Waals surface area contributed by atoms with Crippen LogP contribution in [0.4, 0.5) is 4.79 Å². The summed E-state index contributed by atoms with van der Waals surface area (Å²) >= 11 is 0. The molecule has 2 fully saturated rings. The smallest absolute Gasteiger partial charge is 0.409 e. The topological polar surface area (TPSA) is 61.9 Å². The van der Waals surface area contributed by atoms with Crippen LogP contribution in [0.5, 0.6) is 0 Å². The quantitative estimate of drug-likeness (QED) is 0.848. The van der Waals surface area contributed by atoms with Crippen LogP contribution in [-0.2, 0) is 14.9 Å². The Balaban J connectivity index is 1.45. The first-order chi connectivity index (χ1) is 13.9. The highest BCUT2D eigenvalue weighted by Crippen LogP contribution is 2.51. The lowest BCUT2D eigenvalue weighted by molar-refractivity contribution is -0.119. The zero-order valence-corrected chi connectivity index (χ0v) is 17.9. The molecule has 2 atom stereocenters. The Morgan fingerprint density at radius 1 is 1.24 bits per heavy atom. The number of piperidine rings is 1. The van der Waals surface area contributed by atoms with E-state index < -0.39 is 0 Å². The summed E-state index contributed by atoms with van der Waals surface area (Å²) in [6, 6.07) is 7.39. The summed E-state index contributed by atoms with van der Waals surface area (Å²) in [5.41, 5.74) is 4.11. The minimum Gasteiger partial charge on any atom is -0.450 e. The second-order valence-corrected chi connectivity index (χ2v) is 8.97. The summed E-state index contributed by atoms with van der Waals surface area (Å²) in [5.74, 6) is 0.0423. The Hall–Kier alpha value is -2.08. The predicted molar refractivity (Wildman–Crippen MR) is 112 cm³/mol. The van der Waals surface area contributed by atoms with E-state index in [4.69, 9.17) is 4.74 Å². The molecule has 6 nitrogen and oxygen atoms in total. The van der Waals surface area contributed by atoms with Crippen molar-refractivity contribution in [2.75, 3.05) is 32.8 Å². The van der Waals surface area contributed by atoms with Gasteiger partial charge >= 0.3 is 6.09 Å². The van der Waals surface area contributed by atoms with E-state index in [0.717, 1.165) is 51.9 Å². The zero-order valence-electron chi connectivity index (χ0n) is 17.9. The Labute approximate surface area is 173 Å². The first-order valence-corrected chi connectivity index (χ1v) is 11.0. The average molecular weight is 400 g/mol. The van der Waals surface area contributed by atoms with Crippen LogP contribution in [0.25, 0.3) is 0 Å². The molecule has 1 aliphatic carbocycles. The summed E-state index contributed by atoms with van der Waals surface area (Å²) in [6.45, 7) is 9.69. The van der Waals surface area contributed by atoms with Crippen LogP contribution in [-0.4, -0.2) is 60.6 Å². The summed E-state index contributed by atoms with van der Waals surface area (Å²) in [4.78, 5) is 28.2. The molecule has 2 heterocycles. The van der Waals surface area contributed by atoms with Crippen molar-refractivity contribution in [2.24, 2.45) is 0 Å². The third kappa shape index (κ3) is 3.87. The van der Waals surface area contributed by atoms with Crippen molar-refractivity contribution >= 4 is 12.0 Å². The standard InChI is InChI=1S/C23H33N3O3/c1-4-29-22(28)25-10-7-18(8-11-25)26-12-9-23(15-26)14-21(24-17(3)27)19-13-16(2)5-6-20(19)23/h5-6,13,18,21H,4,7-12,14-15H2,1-3H3,(H,24,27)/t21-,23?/m0/s1. The van der Waals surface area contributed by atoms with Gasteiger partial charge in [-0.1, -0.05) is 23.8 Å². The van der Waals surface area contributed by atoms with Gasteiger partial charge in [0.2, 0.25) is 5.91 Å². The second kappa shape index (κ2) is 7.98. The number of nitrogens with zero attached hydrogens (tertiary/aromatic N) is 2. The van der Waals surface area contributed by atoms with Gasteiger partial charge in [0.1, 0.15) is 0 Å². The van der Waals surface area contributed by atoms with E-state index in [1.165, 1.54) is 16.7 Å². The highest BCUT2D eigenvalue weighted by atomic mass is 16.6. The Morgan fingerprint density at radius 3 is 2.69 bits per heavy atom. The van der Waals surface area contributed by atoms with Crippen molar-refractivity contribution in [1.29, 1.82) is 0 Å². The summed E-state index contributed by atoms with van der Waals surface area (Å²) in [6.07, 6.45) is 3.96. The fourth-order valence-corrected chi connectivity index (χ4v) is 5.67. The van der Waals surface area contributed by atoms with Crippen LogP contribution in [0.3, 0.4) is 0 Å². The van der Waals surface area contributed by atoms with Gasteiger partial charge in [-0.05, 0) is 57.2 Å². The zero-order chi connectivity index (χ0) is 20.6. The van der Waals surface area contributed by atoms with Gasteiger partial charge in [-0.3, -0.25) is 9.69 Å². The number of amides is 2. The first-order valence-electron chi connectivity index (χ1n) is 11.0. The van der Waals surface area contributed by atoms with Gasteiger partial charge in [0.05, 0.1) is 12.6 Å². The number of carbonyl (C=O) groups excluding carboxylic acids is 2. The minimum atomic E-state index is -0.179. The van der Waals surface area contributed by atoms with E-state index >= 15 is 0 Å². The van der Waals surface area contributed by atoms with E-state index in [2.05, 4.69) is 35.3 Å². The molecule has 6 heteroatoms. The van der Waals surface area contributed by atoms with Crippen molar-refractivity contribution in [3.63, 3.8) is 0 Å². The third-order valence-corrected chi connectivity index (χ3v) is 7.02. The minimum absolute atomic E-state index is 0.0423. The second-order valence-electron chi connectivity index (χ2n) is 8.97. The molecule has 0 bridgehead atoms. The molecule has 2 saturated heterocycles. The molecule has 2 aliphatic heterocycles. The Bertz CT molecular complexity index is 788. The average Bonchev–Trinajstić information content (AvgIpc) is 3.24. The van der Waals surface area contributed by atoms with E-state index in [9.17, 15) is 9.59 Å². The molecule has 3 aliphatic rings. The normalized spacial score (nSPS) is 27.3. The Kier molecular flexibility index (Phi) is 5.56. The van der Waals surface area contributed by atoms with Crippen LogP contribution < -0.4 is 5.32 Å². The lowest BCUT2D eigenvalue weighted by Crippen LogP contribution is -2.47. The first kappa shape index (κ1) is 20.2. The number of rotatable bonds is 3. The third-order valence-electron chi connectivity index (χ3n) is 7.02. The monoisotopic (exact) mass is 399 g/mol. The summed E-state index contributed by atoms with van der Waals surface area (Å²) in [7, 11) is 0. The largest absolute Gasteiger partial charge is 0.450 e. The molecule has 1 aromatic carbocycles. The number of likely N-dealkylation sites (tertiary alicyclic amines) is 2. The number of nitrogens with one attached hydrogen (secondary N) is 1. The predicted octanol–water partition coefficient (Wildman–Crippen LogP) is 3.14. The highest BCUT2D eigenvalue weighted by molar-refractivity contribution is 5.74. The van der Waals surface area contributed by atoms with Gasteiger partial charge in [0, 0.05) is 38.0 Å². The molecule has 1 N–H and O–H groups in total. The summed E-state index contributed by atoms with van der Waals surface area (Å²) in [5, 5.41) is 3.19. The van der Waals surface area contributed by atoms with E-state index in [0.29, 0.717) is 12.6 Å².